The molecule has 0 spiro atoms. The van der Waals surface area contributed by atoms with Crippen molar-refractivity contribution in [3.05, 3.63) is 51.9 Å². The van der Waals surface area contributed by atoms with Crippen LogP contribution in [0.15, 0.2) is 35.1 Å². The average molecular weight is 243 g/mol. The molecule has 0 amide bonds. The van der Waals surface area contributed by atoms with Crippen LogP contribution in [-0.4, -0.2) is 9.97 Å². The average Bonchev–Trinajstić information content (AvgIpc) is 2.31. The lowest BCUT2D eigenvalue weighted by atomic mass is 10.1. The van der Waals surface area contributed by atoms with Crippen molar-refractivity contribution in [2.45, 2.75) is 26.7 Å². The van der Waals surface area contributed by atoms with Crippen LogP contribution >= 0.6 is 0 Å². The number of rotatable bonds is 3. The second kappa shape index (κ2) is 5.04. The first-order valence-electron chi connectivity index (χ1n) is 5.99. The van der Waals surface area contributed by atoms with Gasteiger partial charge in [0.1, 0.15) is 0 Å². The van der Waals surface area contributed by atoms with Crippen molar-refractivity contribution in [3.8, 4) is 0 Å². The van der Waals surface area contributed by atoms with E-state index < -0.39 is 0 Å². The maximum absolute atomic E-state index is 11.5. The van der Waals surface area contributed by atoms with Gasteiger partial charge in [0.25, 0.3) is 5.56 Å². The first-order valence-corrected chi connectivity index (χ1v) is 5.99. The second-order valence-electron chi connectivity index (χ2n) is 4.66. The summed E-state index contributed by atoms with van der Waals surface area (Å²) in [6.45, 7) is 6.05. The van der Waals surface area contributed by atoms with Crippen LogP contribution in [0.1, 0.15) is 31.0 Å². The van der Waals surface area contributed by atoms with Crippen LogP contribution in [-0.2, 0) is 0 Å². The number of aromatic nitrogens is 2. The Hall–Kier alpha value is -2.10. The minimum Gasteiger partial charge on any atom is -0.326 e. The Labute approximate surface area is 106 Å². The van der Waals surface area contributed by atoms with E-state index in [1.54, 1.807) is 0 Å². The summed E-state index contributed by atoms with van der Waals surface area (Å²) in [6.07, 6.45) is 0. The molecule has 0 aliphatic carbocycles. The van der Waals surface area contributed by atoms with E-state index in [1.807, 2.05) is 45.0 Å². The molecule has 0 bridgehead atoms. The Balaban J connectivity index is 2.28. The Kier molecular flexibility index (Phi) is 3.46. The summed E-state index contributed by atoms with van der Waals surface area (Å²) in [7, 11) is 0. The molecule has 2 rings (SSSR count). The minimum absolute atomic E-state index is 0.136. The summed E-state index contributed by atoms with van der Waals surface area (Å²) in [5.41, 5.74) is 2.75. The van der Waals surface area contributed by atoms with Gasteiger partial charge < -0.3 is 5.32 Å². The standard InChI is InChI=1S/C14H17N3O/c1-9(2)12-8-13(18)17-14(16-12)15-11-6-4-10(3)5-7-11/h4-9H,1-3H3,(H2,15,16,17,18). The van der Waals surface area contributed by atoms with Crippen LogP contribution in [0.3, 0.4) is 0 Å². The van der Waals surface area contributed by atoms with Crippen molar-refractivity contribution in [2.24, 2.45) is 0 Å². The van der Waals surface area contributed by atoms with E-state index in [2.05, 4.69) is 15.3 Å². The zero-order valence-electron chi connectivity index (χ0n) is 10.8. The molecular weight excluding hydrogens is 226 g/mol. The fourth-order valence-corrected chi connectivity index (χ4v) is 1.61. The third-order valence-electron chi connectivity index (χ3n) is 2.67. The highest BCUT2D eigenvalue weighted by Gasteiger charge is 2.05. The van der Waals surface area contributed by atoms with Crippen molar-refractivity contribution in [1.29, 1.82) is 0 Å². The Bertz CT molecular complexity index is 585. The highest BCUT2D eigenvalue weighted by molar-refractivity contribution is 5.53. The van der Waals surface area contributed by atoms with E-state index in [9.17, 15) is 4.79 Å². The molecule has 0 atom stereocenters. The van der Waals surface area contributed by atoms with Gasteiger partial charge in [0.15, 0.2) is 0 Å². The van der Waals surface area contributed by atoms with Gasteiger partial charge in [-0.3, -0.25) is 9.78 Å². The largest absolute Gasteiger partial charge is 0.326 e. The number of nitrogens with one attached hydrogen (secondary N) is 2. The SMILES string of the molecule is Cc1ccc(Nc2nc(C(C)C)cc(=O)[nH]2)cc1. The summed E-state index contributed by atoms with van der Waals surface area (Å²) >= 11 is 0. The monoisotopic (exact) mass is 243 g/mol. The molecule has 0 aliphatic heterocycles. The van der Waals surface area contributed by atoms with Gasteiger partial charge in [0, 0.05) is 11.8 Å². The van der Waals surface area contributed by atoms with Gasteiger partial charge in [-0.2, -0.15) is 0 Å². The molecule has 2 aromatic rings. The Morgan fingerprint density at radius 1 is 1.22 bits per heavy atom. The first kappa shape index (κ1) is 12.4. The number of hydrogen-bond donors (Lipinski definition) is 2. The van der Waals surface area contributed by atoms with Crippen molar-refractivity contribution in [3.63, 3.8) is 0 Å². The van der Waals surface area contributed by atoms with Crippen molar-refractivity contribution >= 4 is 11.6 Å². The van der Waals surface area contributed by atoms with Crippen molar-refractivity contribution in [1.82, 2.24) is 9.97 Å². The molecular formula is C14H17N3O. The molecule has 0 saturated carbocycles. The topological polar surface area (TPSA) is 57.8 Å². The molecule has 94 valence electrons. The predicted molar refractivity (Wildman–Crippen MR) is 73.4 cm³/mol. The van der Waals surface area contributed by atoms with Crippen LogP contribution < -0.4 is 10.9 Å². The molecule has 0 saturated heterocycles. The number of hydrogen-bond acceptors (Lipinski definition) is 3. The maximum atomic E-state index is 11.5. The number of aromatic amines is 1. The molecule has 0 unspecified atom stereocenters. The predicted octanol–water partition coefficient (Wildman–Crippen LogP) is 2.95. The molecule has 0 aliphatic rings. The van der Waals surface area contributed by atoms with E-state index in [0.717, 1.165) is 11.4 Å². The van der Waals surface area contributed by atoms with Crippen molar-refractivity contribution < 1.29 is 0 Å². The third kappa shape index (κ3) is 2.97. The molecule has 0 radical (unpaired) electrons. The van der Waals surface area contributed by atoms with Gasteiger partial charge in [0.05, 0.1) is 5.69 Å². The van der Waals surface area contributed by atoms with Gasteiger partial charge >= 0.3 is 0 Å². The zero-order chi connectivity index (χ0) is 13.1. The molecule has 2 N–H and O–H groups in total. The maximum Gasteiger partial charge on any atom is 0.252 e. The number of anilines is 2. The van der Waals surface area contributed by atoms with Crippen LogP contribution in [0.2, 0.25) is 0 Å². The fraction of sp³-hybridized carbons (Fsp3) is 0.286. The van der Waals surface area contributed by atoms with E-state index in [0.29, 0.717) is 5.95 Å². The van der Waals surface area contributed by atoms with E-state index in [-0.39, 0.29) is 11.5 Å². The molecule has 0 fully saturated rings. The molecule has 18 heavy (non-hydrogen) atoms. The number of benzene rings is 1. The summed E-state index contributed by atoms with van der Waals surface area (Å²) in [6, 6.07) is 9.46. The lowest BCUT2D eigenvalue weighted by molar-refractivity contribution is 0.812. The van der Waals surface area contributed by atoms with Gasteiger partial charge in [-0.15, -0.1) is 0 Å². The molecule has 4 heteroatoms. The second-order valence-corrected chi connectivity index (χ2v) is 4.66. The number of aryl methyl sites for hydroxylation is 1. The lowest BCUT2D eigenvalue weighted by Gasteiger charge is -2.09. The van der Waals surface area contributed by atoms with Gasteiger partial charge in [0.2, 0.25) is 5.95 Å². The van der Waals surface area contributed by atoms with E-state index >= 15 is 0 Å². The molecule has 4 nitrogen and oxygen atoms in total. The normalized spacial score (nSPS) is 10.7. The Morgan fingerprint density at radius 3 is 2.50 bits per heavy atom. The van der Waals surface area contributed by atoms with E-state index in [4.69, 9.17) is 0 Å². The first-order chi connectivity index (χ1) is 8.54. The number of nitrogens with zero attached hydrogens (tertiary/aromatic N) is 1. The zero-order valence-corrected chi connectivity index (χ0v) is 10.8. The molecule has 1 heterocycles. The van der Waals surface area contributed by atoms with Crippen LogP contribution in [0.4, 0.5) is 11.6 Å². The highest BCUT2D eigenvalue weighted by Crippen LogP contribution is 2.15. The highest BCUT2D eigenvalue weighted by atomic mass is 16.1. The van der Waals surface area contributed by atoms with Crippen molar-refractivity contribution in [2.75, 3.05) is 5.32 Å². The van der Waals surface area contributed by atoms with Crippen LogP contribution in [0, 0.1) is 6.92 Å². The quantitative estimate of drug-likeness (QED) is 0.871. The lowest BCUT2D eigenvalue weighted by Crippen LogP contribution is -2.12. The summed E-state index contributed by atoms with van der Waals surface area (Å²) < 4.78 is 0. The van der Waals surface area contributed by atoms with Gasteiger partial charge in [-0.05, 0) is 25.0 Å². The van der Waals surface area contributed by atoms with Gasteiger partial charge in [-0.25, -0.2) is 4.98 Å². The van der Waals surface area contributed by atoms with Gasteiger partial charge in [-0.1, -0.05) is 31.5 Å². The fourth-order valence-electron chi connectivity index (χ4n) is 1.61. The molecule has 1 aromatic carbocycles. The third-order valence-corrected chi connectivity index (χ3v) is 2.67. The summed E-state index contributed by atoms with van der Waals surface area (Å²) in [5, 5.41) is 3.10. The number of H-pyrrole nitrogens is 1. The minimum atomic E-state index is -0.136. The van der Waals surface area contributed by atoms with Crippen LogP contribution in [0.5, 0.6) is 0 Å². The van der Waals surface area contributed by atoms with E-state index in [1.165, 1.54) is 11.6 Å². The smallest absolute Gasteiger partial charge is 0.252 e. The summed E-state index contributed by atoms with van der Waals surface area (Å²) in [5.74, 6) is 0.709. The molecule has 1 aromatic heterocycles. The summed E-state index contributed by atoms with van der Waals surface area (Å²) in [4.78, 5) is 18.6. The Morgan fingerprint density at radius 2 is 1.89 bits per heavy atom. The van der Waals surface area contributed by atoms with Crippen LogP contribution in [0.25, 0.3) is 0 Å².